The Morgan fingerprint density at radius 3 is 2.62 bits per heavy atom. The van der Waals surface area contributed by atoms with E-state index in [4.69, 9.17) is 11.6 Å². The summed E-state index contributed by atoms with van der Waals surface area (Å²) in [5.41, 5.74) is 0. The largest absolute Gasteiger partial charge is 0.353 e. The number of benzene rings is 1. The quantitative estimate of drug-likeness (QED) is 0.840. The molecule has 0 spiro atoms. The van der Waals surface area contributed by atoms with Crippen LogP contribution in [-0.4, -0.2) is 37.8 Å². The van der Waals surface area contributed by atoms with Crippen LogP contribution in [0.4, 0.5) is 4.39 Å². The highest BCUT2D eigenvalue weighted by molar-refractivity contribution is 7.89. The summed E-state index contributed by atoms with van der Waals surface area (Å²) in [6, 6.07) is 3.67. The lowest BCUT2D eigenvalue weighted by atomic mass is 9.93. The van der Waals surface area contributed by atoms with Crippen LogP contribution in [0, 0.1) is 11.7 Å². The summed E-state index contributed by atoms with van der Waals surface area (Å²) < 4.78 is 40.9. The Morgan fingerprint density at radius 1 is 1.15 bits per heavy atom. The fourth-order valence-corrected chi connectivity index (χ4v) is 5.61. The van der Waals surface area contributed by atoms with E-state index in [0.29, 0.717) is 12.8 Å². The molecule has 0 radical (unpaired) electrons. The number of carbonyl (C=O) groups excluding carboxylic acids is 1. The van der Waals surface area contributed by atoms with Crippen molar-refractivity contribution in [2.24, 2.45) is 5.92 Å². The van der Waals surface area contributed by atoms with E-state index in [2.05, 4.69) is 5.32 Å². The van der Waals surface area contributed by atoms with Gasteiger partial charge in [0.15, 0.2) is 0 Å². The lowest BCUT2D eigenvalue weighted by molar-refractivity contribution is -0.127. The van der Waals surface area contributed by atoms with E-state index >= 15 is 0 Å². The third-order valence-electron chi connectivity index (χ3n) is 5.22. The zero-order valence-corrected chi connectivity index (χ0v) is 16.2. The molecule has 3 rings (SSSR count). The lowest BCUT2D eigenvalue weighted by Crippen LogP contribution is -2.48. The van der Waals surface area contributed by atoms with Crippen LogP contribution in [0.5, 0.6) is 0 Å². The Hall–Kier alpha value is -1.18. The Kier molecular flexibility index (Phi) is 6.20. The van der Waals surface area contributed by atoms with Crippen molar-refractivity contribution < 1.29 is 17.6 Å². The van der Waals surface area contributed by atoms with Gasteiger partial charge in [-0.05, 0) is 43.9 Å². The van der Waals surface area contributed by atoms with E-state index in [1.54, 1.807) is 0 Å². The van der Waals surface area contributed by atoms with Crippen LogP contribution in [-0.2, 0) is 14.8 Å². The molecule has 5 nitrogen and oxygen atoms in total. The molecule has 2 fully saturated rings. The second kappa shape index (κ2) is 8.23. The Labute approximate surface area is 158 Å². The van der Waals surface area contributed by atoms with E-state index in [1.807, 2.05) is 0 Å². The SMILES string of the molecule is O=C(NC1CCCCC1)C1CCCN(S(=O)(=O)c2cc(Cl)ccc2F)C1. The van der Waals surface area contributed by atoms with Crippen molar-refractivity contribution in [3.63, 3.8) is 0 Å². The van der Waals surface area contributed by atoms with Crippen LogP contribution >= 0.6 is 11.6 Å². The number of nitrogens with one attached hydrogen (secondary N) is 1. The molecule has 2 aliphatic rings. The van der Waals surface area contributed by atoms with Crippen LogP contribution in [0.25, 0.3) is 0 Å². The highest BCUT2D eigenvalue weighted by Crippen LogP contribution is 2.28. The molecule has 1 aliphatic carbocycles. The van der Waals surface area contributed by atoms with Crippen molar-refractivity contribution in [1.29, 1.82) is 0 Å². The number of amides is 1. The number of hydrogen-bond donors (Lipinski definition) is 1. The molecule has 1 saturated heterocycles. The fourth-order valence-electron chi connectivity index (χ4n) is 3.75. The van der Waals surface area contributed by atoms with Gasteiger partial charge in [0.05, 0.1) is 5.92 Å². The van der Waals surface area contributed by atoms with Crippen LogP contribution in [0.15, 0.2) is 23.1 Å². The van der Waals surface area contributed by atoms with Crippen molar-refractivity contribution in [1.82, 2.24) is 9.62 Å². The standard InChI is InChI=1S/C18H24ClFN2O3S/c19-14-8-9-16(20)17(11-14)26(24,25)22-10-4-5-13(12-22)18(23)21-15-6-2-1-3-7-15/h8-9,11,13,15H,1-7,10,12H2,(H,21,23). The van der Waals surface area contributed by atoms with Gasteiger partial charge in [0.25, 0.3) is 0 Å². The van der Waals surface area contributed by atoms with Crippen molar-refractivity contribution >= 4 is 27.5 Å². The number of halogens is 2. The average Bonchev–Trinajstić information content (AvgIpc) is 2.64. The molecule has 1 unspecified atom stereocenters. The smallest absolute Gasteiger partial charge is 0.246 e. The predicted molar refractivity (Wildman–Crippen MR) is 97.9 cm³/mol. The van der Waals surface area contributed by atoms with E-state index in [0.717, 1.165) is 37.8 Å². The summed E-state index contributed by atoms with van der Waals surface area (Å²) in [4.78, 5) is 12.1. The highest BCUT2D eigenvalue weighted by Gasteiger charge is 2.35. The van der Waals surface area contributed by atoms with Gasteiger partial charge in [-0.1, -0.05) is 30.9 Å². The molecule has 1 aliphatic heterocycles. The maximum absolute atomic E-state index is 14.0. The number of carbonyl (C=O) groups is 1. The molecule has 1 aromatic rings. The first-order chi connectivity index (χ1) is 12.4. The molecular weight excluding hydrogens is 379 g/mol. The third kappa shape index (κ3) is 4.38. The molecule has 8 heteroatoms. The lowest BCUT2D eigenvalue weighted by Gasteiger charge is -2.32. The van der Waals surface area contributed by atoms with Gasteiger partial charge in [-0.25, -0.2) is 12.8 Å². The van der Waals surface area contributed by atoms with Gasteiger partial charge in [0.2, 0.25) is 15.9 Å². The van der Waals surface area contributed by atoms with Crippen molar-refractivity contribution in [2.75, 3.05) is 13.1 Å². The minimum Gasteiger partial charge on any atom is -0.353 e. The molecule has 0 bridgehead atoms. The summed E-state index contributed by atoms with van der Waals surface area (Å²) >= 11 is 5.84. The maximum Gasteiger partial charge on any atom is 0.246 e. The molecule has 1 amide bonds. The molecule has 1 N–H and O–H groups in total. The summed E-state index contributed by atoms with van der Waals surface area (Å²) in [5, 5.41) is 3.23. The monoisotopic (exact) mass is 402 g/mol. The Balaban J connectivity index is 1.71. The van der Waals surface area contributed by atoms with Gasteiger partial charge >= 0.3 is 0 Å². The Morgan fingerprint density at radius 2 is 1.88 bits per heavy atom. The van der Waals surface area contributed by atoms with Gasteiger partial charge < -0.3 is 5.32 Å². The molecule has 1 saturated carbocycles. The average molecular weight is 403 g/mol. The first kappa shape index (κ1) is 19.6. The first-order valence-corrected chi connectivity index (χ1v) is 11.0. The number of hydrogen-bond acceptors (Lipinski definition) is 3. The summed E-state index contributed by atoms with van der Waals surface area (Å²) in [6.45, 7) is 0.355. The fraction of sp³-hybridized carbons (Fsp3) is 0.611. The predicted octanol–water partition coefficient (Wildman–Crippen LogP) is 3.33. The van der Waals surface area contributed by atoms with Gasteiger partial charge in [-0.3, -0.25) is 4.79 Å². The van der Waals surface area contributed by atoms with Crippen molar-refractivity contribution in [3.8, 4) is 0 Å². The zero-order valence-electron chi connectivity index (χ0n) is 14.6. The van der Waals surface area contributed by atoms with Crippen LogP contribution in [0.2, 0.25) is 5.02 Å². The number of rotatable bonds is 4. The van der Waals surface area contributed by atoms with Crippen LogP contribution in [0.3, 0.4) is 0 Å². The van der Waals surface area contributed by atoms with Crippen LogP contribution in [0.1, 0.15) is 44.9 Å². The minimum atomic E-state index is -4.02. The van der Waals surface area contributed by atoms with E-state index in [1.165, 1.54) is 16.8 Å². The second-order valence-corrected chi connectivity index (χ2v) is 9.46. The second-order valence-electron chi connectivity index (χ2n) is 7.12. The Bertz CT molecular complexity index is 766. The number of piperidine rings is 1. The van der Waals surface area contributed by atoms with Crippen LogP contribution < -0.4 is 5.32 Å². The zero-order chi connectivity index (χ0) is 18.7. The van der Waals surface area contributed by atoms with E-state index in [-0.39, 0.29) is 30.1 Å². The van der Waals surface area contributed by atoms with Crippen molar-refractivity contribution in [2.45, 2.75) is 55.9 Å². The summed E-state index contributed by atoms with van der Waals surface area (Å²) in [6.07, 6.45) is 6.61. The first-order valence-electron chi connectivity index (χ1n) is 9.13. The highest BCUT2D eigenvalue weighted by atomic mass is 35.5. The maximum atomic E-state index is 14.0. The third-order valence-corrected chi connectivity index (χ3v) is 7.33. The topological polar surface area (TPSA) is 66.5 Å². The molecule has 1 heterocycles. The van der Waals surface area contributed by atoms with E-state index < -0.39 is 26.7 Å². The molecule has 144 valence electrons. The summed E-state index contributed by atoms with van der Waals surface area (Å²) in [7, 11) is -4.02. The van der Waals surface area contributed by atoms with Gasteiger partial charge in [0.1, 0.15) is 10.7 Å². The van der Waals surface area contributed by atoms with Gasteiger partial charge in [-0.2, -0.15) is 4.31 Å². The molecular formula is C18H24ClFN2O3S. The molecule has 26 heavy (non-hydrogen) atoms. The number of nitrogens with zero attached hydrogens (tertiary/aromatic N) is 1. The normalized spacial score (nSPS) is 22.9. The molecule has 1 atom stereocenters. The summed E-state index contributed by atoms with van der Waals surface area (Å²) in [5.74, 6) is -1.32. The molecule has 0 aromatic heterocycles. The van der Waals surface area contributed by atoms with Gasteiger partial charge in [-0.15, -0.1) is 0 Å². The number of sulfonamides is 1. The van der Waals surface area contributed by atoms with Crippen molar-refractivity contribution in [3.05, 3.63) is 29.0 Å². The van der Waals surface area contributed by atoms with Gasteiger partial charge in [0, 0.05) is 24.2 Å². The minimum absolute atomic E-state index is 0.0762. The molecule has 1 aromatic carbocycles. The van der Waals surface area contributed by atoms with E-state index in [9.17, 15) is 17.6 Å².